The molecule has 0 aliphatic rings. The second-order valence-electron chi connectivity index (χ2n) is 5.40. The molecule has 0 fully saturated rings. The molecule has 0 aliphatic heterocycles. The Morgan fingerprint density at radius 2 is 2.16 bits per heavy atom. The van der Waals surface area contributed by atoms with Crippen LogP contribution in [0.5, 0.6) is 11.6 Å². The average molecular weight is 355 g/mol. The standard InChI is InChI=1S/C20H19ClN2O2/c1-4-5-16-8-10-19(18(21)12-16)25-20-11-9-17(13-22-20)7-6-14(2)23-15(3)24/h6-14H,1-3H3,(H,23,24)/b7-6+/t14-/m0/s1. The Balaban J connectivity index is 2.04. The molecule has 0 saturated heterocycles. The summed E-state index contributed by atoms with van der Waals surface area (Å²) in [6, 6.07) is 8.97. The van der Waals surface area contributed by atoms with E-state index in [0.29, 0.717) is 16.7 Å². The minimum Gasteiger partial charge on any atom is -0.437 e. The molecule has 2 aromatic rings. The molecular weight excluding hydrogens is 336 g/mol. The molecule has 4 nitrogen and oxygen atoms in total. The van der Waals surface area contributed by atoms with Gasteiger partial charge in [0.05, 0.1) is 5.02 Å². The van der Waals surface area contributed by atoms with Crippen LogP contribution in [0, 0.1) is 11.8 Å². The van der Waals surface area contributed by atoms with Gasteiger partial charge < -0.3 is 10.1 Å². The van der Waals surface area contributed by atoms with Gasteiger partial charge in [0.15, 0.2) is 0 Å². The number of rotatable bonds is 5. The number of hydrogen-bond acceptors (Lipinski definition) is 3. The van der Waals surface area contributed by atoms with E-state index in [-0.39, 0.29) is 11.9 Å². The zero-order valence-electron chi connectivity index (χ0n) is 14.3. The number of carbonyl (C=O) groups is 1. The maximum Gasteiger partial charge on any atom is 0.219 e. The molecule has 25 heavy (non-hydrogen) atoms. The topological polar surface area (TPSA) is 51.2 Å². The van der Waals surface area contributed by atoms with E-state index in [0.717, 1.165) is 11.1 Å². The Morgan fingerprint density at radius 3 is 2.76 bits per heavy atom. The van der Waals surface area contributed by atoms with E-state index in [1.165, 1.54) is 6.92 Å². The van der Waals surface area contributed by atoms with Gasteiger partial charge in [-0.25, -0.2) is 4.98 Å². The molecule has 0 bridgehead atoms. The molecule has 0 unspecified atom stereocenters. The zero-order valence-corrected chi connectivity index (χ0v) is 15.1. The monoisotopic (exact) mass is 354 g/mol. The first-order valence-electron chi connectivity index (χ1n) is 7.79. The van der Waals surface area contributed by atoms with E-state index in [1.807, 2.05) is 31.2 Å². The first kappa shape index (κ1) is 18.6. The third kappa shape index (κ3) is 5.98. The molecule has 1 aromatic carbocycles. The Bertz CT molecular complexity index is 833. The summed E-state index contributed by atoms with van der Waals surface area (Å²) in [6.45, 7) is 5.16. The van der Waals surface area contributed by atoms with Crippen molar-refractivity contribution in [2.75, 3.05) is 0 Å². The highest BCUT2D eigenvalue weighted by atomic mass is 35.5. The summed E-state index contributed by atoms with van der Waals surface area (Å²) in [5.74, 6) is 6.68. The third-order valence-electron chi connectivity index (χ3n) is 3.18. The molecular formula is C20H19ClN2O2. The molecule has 1 heterocycles. The van der Waals surface area contributed by atoms with Crippen LogP contribution < -0.4 is 10.1 Å². The van der Waals surface area contributed by atoms with Gasteiger partial charge in [-0.2, -0.15) is 0 Å². The molecule has 1 N–H and O–H groups in total. The van der Waals surface area contributed by atoms with E-state index in [4.69, 9.17) is 16.3 Å². The molecule has 5 heteroatoms. The first-order valence-corrected chi connectivity index (χ1v) is 8.17. The summed E-state index contributed by atoms with van der Waals surface area (Å²) >= 11 is 6.21. The number of hydrogen-bond donors (Lipinski definition) is 1. The highest BCUT2D eigenvalue weighted by Crippen LogP contribution is 2.29. The number of pyridine rings is 1. The maximum atomic E-state index is 11.0. The lowest BCUT2D eigenvalue weighted by Gasteiger charge is -2.08. The summed E-state index contributed by atoms with van der Waals surface area (Å²) in [6.07, 6.45) is 5.48. The lowest BCUT2D eigenvalue weighted by molar-refractivity contribution is -0.119. The summed E-state index contributed by atoms with van der Waals surface area (Å²) in [5, 5.41) is 3.26. The minimum atomic E-state index is -0.0631. The van der Waals surface area contributed by atoms with Crippen molar-refractivity contribution in [1.29, 1.82) is 0 Å². The van der Waals surface area contributed by atoms with Gasteiger partial charge in [0.25, 0.3) is 0 Å². The van der Waals surface area contributed by atoms with Gasteiger partial charge >= 0.3 is 0 Å². The molecule has 0 spiro atoms. The Morgan fingerprint density at radius 1 is 1.36 bits per heavy atom. The van der Waals surface area contributed by atoms with Crippen LogP contribution in [0.2, 0.25) is 5.02 Å². The van der Waals surface area contributed by atoms with Crippen molar-refractivity contribution in [2.24, 2.45) is 0 Å². The fraction of sp³-hybridized carbons (Fsp3) is 0.200. The molecule has 0 aliphatic carbocycles. The van der Waals surface area contributed by atoms with E-state index in [9.17, 15) is 4.79 Å². The van der Waals surface area contributed by atoms with E-state index in [1.54, 1.807) is 31.3 Å². The number of nitrogens with zero attached hydrogens (tertiary/aromatic N) is 1. The van der Waals surface area contributed by atoms with Crippen LogP contribution in [0.3, 0.4) is 0 Å². The number of halogens is 1. The number of benzene rings is 1. The molecule has 2 rings (SSSR count). The van der Waals surface area contributed by atoms with Crippen molar-refractivity contribution in [1.82, 2.24) is 10.3 Å². The Kier molecular flexibility index (Phi) is 6.62. The number of carbonyl (C=O) groups excluding carboxylic acids is 1. The number of aromatic nitrogens is 1. The van der Waals surface area contributed by atoms with E-state index >= 15 is 0 Å². The predicted octanol–water partition coefficient (Wildman–Crippen LogP) is 4.44. The quantitative estimate of drug-likeness (QED) is 0.808. The van der Waals surface area contributed by atoms with Crippen LogP contribution >= 0.6 is 11.6 Å². The second-order valence-corrected chi connectivity index (χ2v) is 5.81. The molecule has 0 saturated carbocycles. The smallest absolute Gasteiger partial charge is 0.219 e. The van der Waals surface area contributed by atoms with Crippen molar-refractivity contribution < 1.29 is 9.53 Å². The maximum absolute atomic E-state index is 11.0. The average Bonchev–Trinajstić information content (AvgIpc) is 2.56. The first-order chi connectivity index (χ1) is 12.0. The lowest BCUT2D eigenvalue weighted by Crippen LogP contribution is -2.28. The van der Waals surface area contributed by atoms with Crippen molar-refractivity contribution in [3.8, 4) is 23.5 Å². The molecule has 128 valence electrons. The van der Waals surface area contributed by atoms with Crippen LogP contribution in [0.1, 0.15) is 31.9 Å². The van der Waals surface area contributed by atoms with Crippen LogP contribution in [0.15, 0.2) is 42.6 Å². The largest absolute Gasteiger partial charge is 0.437 e. The van der Waals surface area contributed by atoms with Crippen LogP contribution in [0.4, 0.5) is 0 Å². The van der Waals surface area contributed by atoms with Crippen molar-refractivity contribution in [3.05, 3.63) is 58.8 Å². The molecule has 1 amide bonds. The molecule has 0 radical (unpaired) electrons. The Hall–Kier alpha value is -2.77. The van der Waals surface area contributed by atoms with E-state index in [2.05, 4.69) is 22.1 Å². The van der Waals surface area contributed by atoms with Gasteiger partial charge in [0.1, 0.15) is 5.75 Å². The summed E-state index contributed by atoms with van der Waals surface area (Å²) < 4.78 is 5.70. The summed E-state index contributed by atoms with van der Waals surface area (Å²) in [5.41, 5.74) is 1.74. The number of amides is 1. The van der Waals surface area contributed by atoms with Gasteiger partial charge in [-0.1, -0.05) is 29.7 Å². The fourth-order valence-corrected chi connectivity index (χ4v) is 2.31. The highest BCUT2D eigenvalue weighted by Gasteiger charge is 2.05. The van der Waals surface area contributed by atoms with Gasteiger partial charge in [-0.3, -0.25) is 4.79 Å². The summed E-state index contributed by atoms with van der Waals surface area (Å²) in [7, 11) is 0. The minimum absolute atomic E-state index is 0.0445. The number of nitrogens with one attached hydrogen (secondary N) is 1. The Labute approximate surface area is 152 Å². The lowest BCUT2D eigenvalue weighted by atomic mass is 10.2. The van der Waals surface area contributed by atoms with Gasteiger partial charge in [-0.05, 0) is 43.7 Å². The van der Waals surface area contributed by atoms with Crippen molar-refractivity contribution >= 4 is 23.6 Å². The number of ether oxygens (including phenoxy) is 1. The van der Waals surface area contributed by atoms with Gasteiger partial charge in [-0.15, -0.1) is 5.92 Å². The van der Waals surface area contributed by atoms with E-state index < -0.39 is 0 Å². The van der Waals surface area contributed by atoms with Crippen LogP contribution in [-0.2, 0) is 4.79 Å². The molecule has 1 atom stereocenters. The van der Waals surface area contributed by atoms with Crippen LogP contribution in [-0.4, -0.2) is 16.9 Å². The van der Waals surface area contributed by atoms with Gasteiger partial charge in [0.2, 0.25) is 11.8 Å². The highest BCUT2D eigenvalue weighted by molar-refractivity contribution is 6.32. The fourth-order valence-electron chi connectivity index (χ4n) is 2.09. The second kappa shape index (κ2) is 8.91. The van der Waals surface area contributed by atoms with Crippen LogP contribution in [0.25, 0.3) is 6.08 Å². The van der Waals surface area contributed by atoms with Gasteiger partial charge in [0, 0.05) is 30.8 Å². The summed E-state index contributed by atoms with van der Waals surface area (Å²) in [4.78, 5) is 15.2. The SMILES string of the molecule is CC#Cc1ccc(Oc2ccc(/C=C/[C@H](C)NC(C)=O)cn2)c(Cl)c1. The third-order valence-corrected chi connectivity index (χ3v) is 3.48. The zero-order chi connectivity index (χ0) is 18.2. The normalized spacial score (nSPS) is 11.5. The van der Waals surface area contributed by atoms with Crippen molar-refractivity contribution in [2.45, 2.75) is 26.8 Å². The molecule has 1 aromatic heterocycles. The van der Waals surface area contributed by atoms with Crippen molar-refractivity contribution in [3.63, 3.8) is 0 Å². The predicted molar refractivity (Wildman–Crippen MR) is 101 cm³/mol.